The third-order valence-corrected chi connectivity index (χ3v) is 4.83. The molecule has 0 saturated carbocycles. The lowest BCUT2D eigenvalue weighted by Crippen LogP contribution is -2.36. The van der Waals surface area contributed by atoms with Crippen molar-refractivity contribution in [3.05, 3.63) is 33.0 Å². The van der Waals surface area contributed by atoms with Gasteiger partial charge in [0.15, 0.2) is 5.96 Å². The lowest BCUT2D eigenvalue weighted by molar-refractivity contribution is 0.730. The molecule has 0 aliphatic carbocycles. The second kappa shape index (κ2) is 10.1. The van der Waals surface area contributed by atoms with Crippen LogP contribution in [-0.2, 0) is 20.1 Å². The molecule has 0 fully saturated rings. The Morgan fingerprint density at radius 3 is 2.56 bits per heavy atom. The van der Waals surface area contributed by atoms with E-state index in [0.717, 1.165) is 34.6 Å². The molecule has 0 aliphatic rings. The van der Waals surface area contributed by atoms with Crippen LogP contribution < -0.4 is 10.6 Å². The van der Waals surface area contributed by atoms with Crippen LogP contribution in [0.3, 0.4) is 0 Å². The van der Waals surface area contributed by atoms with Crippen LogP contribution in [0.2, 0.25) is 0 Å². The van der Waals surface area contributed by atoms with E-state index in [1.165, 1.54) is 5.56 Å². The predicted molar refractivity (Wildman–Crippen MR) is 116 cm³/mol. The van der Waals surface area contributed by atoms with Crippen LogP contribution in [0.5, 0.6) is 0 Å². The fourth-order valence-electron chi connectivity index (χ4n) is 2.38. The first-order chi connectivity index (χ1) is 11.4. The van der Waals surface area contributed by atoms with Crippen molar-refractivity contribution < 1.29 is 0 Å². The highest BCUT2D eigenvalue weighted by Gasteiger charge is 2.10. The zero-order chi connectivity index (χ0) is 17.7. The number of guanidine groups is 1. The number of nitrogens with one attached hydrogen (secondary N) is 2. The number of nitrogens with zero attached hydrogens (tertiary/aromatic N) is 4. The number of rotatable bonds is 6. The van der Waals surface area contributed by atoms with E-state index in [1.807, 2.05) is 18.7 Å². The fraction of sp³-hybridized carbons (Fsp3) is 0.588. The molecular formula is C17H29IN6S. The first kappa shape index (κ1) is 21.9. The highest BCUT2D eigenvalue weighted by Crippen LogP contribution is 2.17. The van der Waals surface area contributed by atoms with E-state index >= 15 is 0 Å². The van der Waals surface area contributed by atoms with Gasteiger partial charge >= 0.3 is 0 Å². The Bertz CT molecular complexity index is 704. The van der Waals surface area contributed by atoms with Gasteiger partial charge in [-0.25, -0.2) is 9.98 Å². The summed E-state index contributed by atoms with van der Waals surface area (Å²) >= 11 is 1.69. The van der Waals surface area contributed by atoms with Crippen molar-refractivity contribution in [3.63, 3.8) is 0 Å². The third kappa shape index (κ3) is 5.95. The van der Waals surface area contributed by atoms with Crippen LogP contribution in [0.15, 0.2) is 10.4 Å². The van der Waals surface area contributed by atoms with Crippen LogP contribution in [0.4, 0.5) is 0 Å². The largest absolute Gasteiger partial charge is 0.357 e. The molecular weight excluding hydrogens is 447 g/mol. The fourth-order valence-corrected chi connectivity index (χ4v) is 3.27. The van der Waals surface area contributed by atoms with Crippen molar-refractivity contribution in [2.45, 2.75) is 53.6 Å². The predicted octanol–water partition coefficient (Wildman–Crippen LogP) is 3.49. The van der Waals surface area contributed by atoms with Crippen LogP contribution in [0.1, 0.15) is 54.3 Å². The van der Waals surface area contributed by atoms with Gasteiger partial charge in [-0.1, -0.05) is 13.8 Å². The Kier molecular flexibility index (Phi) is 8.84. The number of halogens is 1. The van der Waals surface area contributed by atoms with Gasteiger partial charge in [-0.2, -0.15) is 5.10 Å². The monoisotopic (exact) mass is 476 g/mol. The van der Waals surface area contributed by atoms with Gasteiger partial charge in [0.1, 0.15) is 5.01 Å². The Labute approximate surface area is 171 Å². The van der Waals surface area contributed by atoms with Crippen LogP contribution in [-0.4, -0.2) is 27.3 Å². The van der Waals surface area contributed by atoms with Gasteiger partial charge in [0, 0.05) is 30.2 Å². The van der Waals surface area contributed by atoms with E-state index in [2.05, 4.69) is 53.8 Å². The normalized spacial score (nSPS) is 11.6. The number of aryl methyl sites for hydroxylation is 2. The van der Waals surface area contributed by atoms with Crippen LogP contribution in [0, 0.1) is 13.8 Å². The molecule has 2 heterocycles. The third-order valence-electron chi connectivity index (χ3n) is 3.97. The Morgan fingerprint density at radius 1 is 1.32 bits per heavy atom. The molecule has 0 radical (unpaired) electrons. The molecule has 25 heavy (non-hydrogen) atoms. The summed E-state index contributed by atoms with van der Waals surface area (Å²) in [6.07, 6.45) is 0. The maximum absolute atomic E-state index is 4.69. The summed E-state index contributed by atoms with van der Waals surface area (Å²) in [7, 11) is 1.97. The summed E-state index contributed by atoms with van der Waals surface area (Å²) < 4.78 is 1.91. The van der Waals surface area contributed by atoms with Gasteiger partial charge in [-0.3, -0.25) is 4.68 Å². The zero-order valence-electron chi connectivity index (χ0n) is 15.9. The summed E-state index contributed by atoms with van der Waals surface area (Å²) in [4.78, 5) is 9.35. The average Bonchev–Trinajstić information content (AvgIpc) is 3.09. The SMILES string of the molecule is CCNC(=NCc1c(C)nn(C)c1C)NCc1nc(C(C)C)cs1.I. The molecule has 0 aromatic carbocycles. The molecule has 140 valence electrons. The van der Waals surface area contributed by atoms with Crippen LogP contribution in [0.25, 0.3) is 0 Å². The van der Waals surface area contributed by atoms with Crippen molar-refractivity contribution in [1.82, 2.24) is 25.4 Å². The Morgan fingerprint density at radius 2 is 2.04 bits per heavy atom. The summed E-state index contributed by atoms with van der Waals surface area (Å²) in [6.45, 7) is 12.6. The van der Waals surface area contributed by atoms with E-state index in [0.29, 0.717) is 19.0 Å². The second-order valence-electron chi connectivity index (χ2n) is 6.14. The second-order valence-corrected chi connectivity index (χ2v) is 7.09. The maximum atomic E-state index is 4.69. The van der Waals surface area contributed by atoms with Gasteiger partial charge in [0.05, 0.1) is 24.5 Å². The van der Waals surface area contributed by atoms with Crippen molar-refractivity contribution >= 4 is 41.3 Å². The minimum atomic E-state index is 0. The lowest BCUT2D eigenvalue weighted by atomic mass is 10.2. The van der Waals surface area contributed by atoms with Crippen molar-refractivity contribution in [1.29, 1.82) is 0 Å². The number of thiazole rings is 1. The highest BCUT2D eigenvalue weighted by molar-refractivity contribution is 14.0. The van der Waals surface area contributed by atoms with Crippen LogP contribution >= 0.6 is 35.3 Å². The Hall–Kier alpha value is -1.16. The summed E-state index contributed by atoms with van der Waals surface area (Å²) in [5.74, 6) is 1.27. The van der Waals surface area contributed by atoms with Crippen molar-refractivity contribution in [3.8, 4) is 0 Å². The molecule has 0 amide bonds. The molecule has 2 aromatic rings. The summed E-state index contributed by atoms with van der Waals surface area (Å²) in [5.41, 5.74) is 4.54. The molecule has 2 rings (SSSR count). The molecule has 0 spiro atoms. The standard InChI is InChI=1S/C17H28N6S.HI/c1-7-18-17(19-8-14-12(4)22-23(6)13(14)5)20-9-16-21-15(10-24-16)11(2)3;/h10-11H,7-9H2,1-6H3,(H2,18,19,20);1H. The summed E-state index contributed by atoms with van der Waals surface area (Å²) in [6, 6.07) is 0. The number of aromatic nitrogens is 3. The highest BCUT2D eigenvalue weighted by atomic mass is 127. The maximum Gasteiger partial charge on any atom is 0.191 e. The molecule has 0 bridgehead atoms. The molecule has 0 saturated heterocycles. The van der Waals surface area contributed by atoms with Crippen molar-refractivity contribution in [2.75, 3.05) is 6.54 Å². The van der Waals surface area contributed by atoms with Gasteiger partial charge in [-0.05, 0) is 26.7 Å². The topological polar surface area (TPSA) is 67.1 Å². The smallest absolute Gasteiger partial charge is 0.191 e. The molecule has 8 heteroatoms. The van der Waals surface area contributed by atoms with E-state index in [-0.39, 0.29) is 24.0 Å². The molecule has 0 aliphatic heterocycles. The number of aliphatic imine (C=N–C) groups is 1. The number of hydrogen-bond donors (Lipinski definition) is 2. The minimum Gasteiger partial charge on any atom is -0.357 e. The van der Waals surface area contributed by atoms with Crippen molar-refractivity contribution in [2.24, 2.45) is 12.0 Å². The molecule has 6 nitrogen and oxygen atoms in total. The first-order valence-corrected chi connectivity index (χ1v) is 9.25. The first-order valence-electron chi connectivity index (χ1n) is 8.37. The zero-order valence-corrected chi connectivity index (χ0v) is 19.0. The molecule has 2 aromatic heterocycles. The van der Waals surface area contributed by atoms with Gasteiger partial charge < -0.3 is 10.6 Å². The van der Waals surface area contributed by atoms with Gasteiger partial charge in [0.25, 0.3) is 0 Å². The number of hydrogen-bond acceptors (Lipinski definition) is 4. The molecule has 0 unspecified atom stereocenters. The average molecular weight is 476 g/mol. The van der Waals surface area contributed by atoms with E-state index in [1.54, 1.807) is 11.3 Å². The van der Waals surface area contributed by atoms with E-state index in [4.69, 9.17) is 4.99 Å². The molecule has 2 N–H and O–H groups in total. The lowest BCUT2D eigenvalue weighted by Gasteiger charge is -2.10. The van der Waals surface area contributed by atoms with E-state index in [9.17, 15) is 0 Å². The quantitative estimate of drug-likeness (QED) is 0.381. The Balaban J connectivity index is 0.00000312. The minimum absolute atomic E-state index is 0. The van der Waals surface area contributed by atoms with Gasteiger partial charge in [-0.15, -0.1) is 35.3 Å². The molecule has 0 atom stereocenters. The van der Waals surface area contributed by atoms with E-state index < -0.39 is 0 Å². The summed E-state index contributed by atoms with van der Waals surface area (Å²) in [5, 5.41) is 14.3. The van der Waals surface area contributed by atoms with Gasteiger partial charge in [0.2, 0.25) is 0 Å².